The number of aliphatic carboxylic acids is 1. The van der Waals surface area contributed by atoms with Crippen LogP contribution in [-0.4, -0.2) is 53.2 Å². The third-order valence-electron chi connectivity index (χ3n) is 2.91. The van der Waals surface area contributed by atoms with Gasteiger partial charge in [0.1, 0.15) is 0 Å². The van der Waals surface area contributed by atoms with Crippen molar-refractivity contribution in [3.05, 3.63) is 0 Å². The van der Waals surface area contributed by atoms with E-state index in [0.717, 1.165) is 0 Å². The first-order valence-corrected chi connectivity index (χ1v) is 6.11. The summed E-state index contributed by atoms with van der Waals surface area (Å²) in [5, 5.41) is 9.20. The van der Waals surface area contributed by atoms with Gasteiger partial charge in [-0.2, -0.15) is 0 Å². The number of amides is 1. The van der Waals surface area contributed by atoms with E-state index in [4.69, 9.17) is 10.5 Å². The molecule has 1 fully saturated rings. The lowest BCUT2D eigenvalue weighted by Crippen LogP contribution is -2.46. The Morgan fingerprint density at radius 3 is 2.61 bits per heavy atom. The normalized spacial score (nSPS) is 22.3. The highest BCUT2D eigenvalue weighted by Gasteiger charge is 2.37. The van der Waals surface area contributed by atoms with Crippen molar-refractivity contribution in [1.82, 2.24) is 4.90 Å². The molecule has 0 aromatic carbocycles. The molecule has 0 bridgehead atoms. The molecular formula is C12H22N2O4. The van der Waals surface area contributed by atoms with E-state index < -0.39 is 17.6 Å². The summed E-state index contributed by atoms with van der Waals surface area (Å²) in [6, 6.07) is -0.923. The molecule has 2 atom stereocenters. The second-order valence-corrected chi connectivity index (χ2v) is 5.63. The quantitative estimate of drug-likeness (QED) is 0.727. The summed E-state index contributed by atoms with van der Waals surface area (Å²) in [6.07, 6.45) is 0.329. The molecule has 1 saturated heterocycles. The van der Waals surface area contributed by atoms with Crippen LogP contribution in [0.4, 0.5) is 0 Å². The van der Waals surface area contributed by atoms with Crippen LogP contribution >= 0.6 is 0 Å². The molecule has 0 saturated carbocycles. The Morgan fingerprint density at radius 1 is 1.61 bits per heavy atom. The second-order valence-electron chi connectivity index (χ2n) is 5.63. The summed E-state index contributed by atoms with van der Waals surface area (Å²) in [5.74, 6) is -1.14. The maximum absolute atomic E-state index is 11.8. The highest BCUT2D eigenvalue weighted by Crippen LogP contribution is 2.20. The second kappa shape index (κ2) is 5.67. The Labute approximate surface area is 107 Å². The van der Waals surface area contributed by atoms with Gasteiger partial charge in [-0.25, -0.2) is 4.79 Å². The number of hydrogen-bond acceptors (Lipinski definition) is 4. The van der Waals surface area contributed by atoms with E-state index in [-0.39, 0.29) is 18.4 Å². The monoisotopic (exact) mass is 258 g/mol. The topological polar surface area (TPSA) is 92.9 Å². The van der Waals surface area contributed by atoms with Gasteiger partial charge < -0.3 is 20.5 Å². The van der Waals surface area contributed by atoms with Crippen molar-refractivity contribution in [3.8, 4) is 0 Å². The van der Waals surface area contributed by atoms with Crippen LogP contribution in [0.2, 0.25) is 0 Å². The Morgan fingerprint density at radius 2 is 2.22 bits per heavy atom. The van der Waals surface area contributed by atoms with Crippen molar-refractivity contribution in [3.63, 3.8) is 0 Å². The van der Waals surface area contributed by atoms with Crippen LogP contribution in [0.15, 0.2) is 0 Å². The molecule has 104 valence electrons. The van der Waals surface area contributed by atoms with Gasteiger partial charge in [-0.1, -0.05) is 0 Å². The number of carboxylic acid groups (broad SMARTS) is 1. The summed E-state index contributed by atoms with van der Waals surface area (Å²) in [5.41, 5.74) is 5.09. The Balaban J connectivity index is 2.68. The average molecular weight is 258 g/mol. The van der Waals surface area contributed by atoms with Crippen LogP contribution in [-0.2, 0) is 14.3 Å². The number of nitrogens with zero attached hydrogens (tertiary/aromatic N) is 1. The summed E-state index contributed by atoms with van der Waals surface area (Å²) in [7, 11) is 0. The van der Waals surface area contributed by atoms with E-state index in [9.17, 15) is 14.7 Å². The molecule has 1 heterocycles. The van der Waals surface area contributed by atoms with E-state index >= 15 is 0 Å². The van der Waals surface area contributed by atoms with E-state index in [1.165, 1.54) is 4.90 Å². The Bertz CT molecular complexity index is 325. The number of rotatable bonds is 5. The van der Waals surface area contributed by atoms with Gasteiger partial charge in [-0.05, 0) is 33.2 Å². The Kier molecular flexibility index (Phi) is 4.70. The molecule has 1 unspecified atom stereocenters. The number of carboxylic acids is 1. The molecule has 0 spiro atoms. The van der Waals surface area contributed by atoms with Gasteiger partial charge in [0.2, 0.25) is 5.91 Å². The minimum atomic E-state index is -1.04. The third-order valence-corrected chi connectivity index (χ3v) is 2.91. The molecule has 1 amide bonds. The number of likely N-dealkylation sites (tertiary alicyclic amines) is 1. The van der Waals surface area contributed by atoms with Crippen molar-refractivity contribution >= 4 is 11.9 Å². The van der Waals surface area contributed by atoms with Crippen molar-refractivity contribution < 1.29 is 19.4 Å². The van der Waals surface area contributed by atoms with Crippen LogP contribution in [0.25, 0.3) is 0 Å². The molecule has 18 heavy (non-hydrogen) atoms. The van der Waals surface area contributed by atoms with Crippen LogP contribution in [0.3, 0.4) is 0 Å². The maximum Gasteiger partial charge on any atom is 0.328 e. The fraction of sp³-hybridized carbons (Fsp3) is 0.833. The van der Waals surface area contributed by atoms with Crippen LogP contribution in [0, 0.1) is 5.92 Å². The van der Waals surface area contributed by atoms with Gasteiger partial charge in [-0.15, -0.1) is 0 Å². The predicted octanol–water partition coefficient (Wildman–Crippen LogP) is 0.0619. The third kappa shape index (κ3) is 3.96. The predicted molar refractivity (Wildman–Crippen MR) is 66.0 cm³/mol. The molecule has 3 N–H and O–H groups in total. The highest BCUT2D eigenvalue weighted by molar-refractivity contribution is 5.85. The first kappa shape index (κ1) is 14.9. The standard InChI is InChI=1S/C12H22N2O4/c1-12(2,3)18-7-9(11(16)17)14-6-8(5-13)4-10(14)15/h8-9H,4-7,13H2,1-3H3,(H,16,17)/t8?,9-/m1/s1. The molecule has 0 radical (unpaired) electrons. The van der Waals surface area contributed by atoms with Gasteiger partial charge >= 0.3 is 5.97 Å². The summed E-state index contributed by atoms with van der Waals surface area (Å²) < 4.78 is 5.48. The Hall–Kier alpha value is -1.14. The molecule has 1 aliphatic heterocycles. The zero-order valence-corrected chi connectivity index (χ0v) is 11.2. The summed E-state index contributed by atoms with van der Waals surface area (Å²) in [4.78, 5) is 24.4. The van der Waals surface area contributed by atoms with Gasteiger partial charge in [-0.3, -0.25) is 4.79 Å². The van der Waals surface area contributed by atoms with E-state index in [1.54, 1.807) is 0 Å². The molecule has 0 aromatic heterocycles. The van der Waals surface area contributed by atoms with E-state index in [0.29, 0.717) is 19.5 Å². The van der Waals surface area contributed by atoms with Crippen molar-refractivity contribution in [1.29, 1.82) is 0 Å². The van der Waals surface area contributed by atoms with Gasteiger partial charge in [0.25, 0.3) is 0 Å². The summed E-state index contributed by atoms with van der Waals surface area (Å²) >= 11 is 0. The molecule has 6 nitrogen and oxygen atoms in total. The largest absolute Gasteiger partial charge is 0.480 e. The molecule has 1 aliphatic rings. The minimum Gasteiger partial charge on any atom is -0.480 e. The zero-order valence-electron chi connectivity index (χ0n) is 11.2. The van der Waals surface area contributed by atoms with Gasteiger partial charge in [0, 0.05) is 13.0 Å². The number of carbonyl (C=O) groups is 2. The van der Waals surface area contributed by atoms with Crippen LogP contribution in [0.5, 0.6) is 0 Å². The number of carbonyl (C=O) groups excluding carboxylic acids is 1. The molecule has 6 heteroatoms. The van der Waals surface area contributed by atoms with Crippen LogP contribution < -0.4 is 5.73 Å². The molecule has 0 aliphatic carbocycles. The maximum atomic E-state index is 11.8. The molecule has 0 aromatic rings. The summed E-state index contributed by atoms with van der Waals surface area (Å²) in [6.45, 7) is 6.34. The lowest BCUT2D eigenvalue weighted by atomic mass is 10.1. The fourth-order valence-corrected chi connectivity index (χ4v) is 1.89. The smallest absolute Gasteiger partial charge is 0.328 e. The average Bonchev–Trinajstić information content (AvgIpc) is 2.58. The SMILES string of the molecule is CC(C)(C)OC[C@H](C(=O)O)N1CC(CN)CC1=O. The van der Waals surface area contributed by atoms with E-state index in [2.05, 4.69) is 0 Å². The minimum absolute atomic E-state index is 0.00185. The number of nitrogens with two attached hydrogens (primary N) is 1. The molecular weight excluding hydrogens is 236 g/mol. The van der Waals surface area contributed by atoms with Gasteiger partial charge in [0.05, 0.1) is 12.2 Å². The number of ether oxygens (including phenoxy) is 1. The first-order chi connectivity index (χ1) is 8.24. The van der Waals surface area contributed by atoms with Crippen molar-refractivity contribution in [2.45, 2.75) is 38.8 Å². The van der Waals surface area contributed by atoms with E-state index in [1.807, 2.05) is 20.8 Å². The van der Waals surface area contributed by atoms with Gasteiger partial charge in [0.15, 0.2) is 6.04 Å². The van der Waals surface area contributed by atoms with Crippen molar-refractivity contribution in [2.24, 2.45) is 11.7 Å². The first-order valence-electron chi connectivity index (χ1n) is 6.11. The fourth-order valence-electron chi connectivity index (χ4n) is 1.89. The molecule has 1 rings (SSSR count). The highest BCUT2D eigenvalue weighted by atomic mass is 16.5. The lowest BCUT2D eigenvalue weighted by molar-refractivity contribution is -0.153. The van der Waals surface area contributed by atoms with Crippen molar-refractivity contribution in [2.75, 3.05) is 19.7 Å². The number of hydrogen-bond donors (Lipinski definition) is 2. The zero-order chi connectivity index (χ0) is 13.9. The van der Waals surface area contributed by atoms with Crippen LogP contribution in [0.1, 0.15) is 27.2 Å². The lowest BCUT2D eigenvalue weighted by Gasteiger charge is -2.28.